The maximum Gasteiger partial charge on any atom is 0.336 e. The molecule has 1 N–H and O–H groups in total. The molecule has 0 saturated heterocycles. The topological polar surface area (TPSA) is 69.0 Å². The van der Waals surface area contributed by atoms with E-state index in [1.54, 1.807) is 59.3 Å². The van der Waals surface area contributed by atoms with Gasteiger partial charge in [0.2, 0.25) is 0 Å². The van der Waals surface area contributed by atoms with Crippen LogP contribution in [-0.2, 0) is 6.61 Å². The van der Waals surface area contributed by atoms with Crippen LogP contribution in [-0.4, -0.2) is 20.7 Å². The number of rotatable bonds is 7. The lowest BCUT2D eigenvalue weighted by Gasteiger charge is -2.08. The molecule has 1 amide bonds. The van der Waals surface area contributed by atoms with Crippen molar-refractivity contribution in [1.82, 2.24) is 14.8 Å². The summed E-state index contributed by atoms with van der Waals surface area (Å²) in [6, 6.07) is 22.6. The van der Waals surface area contributed by atoms with E-state index in [2.05, 4.69) is 15.4 Å². The summed E-state index contributed by atoms with van der Waals surface area (Å²) in [4.78, 5) is 17.4. The van der Waals surface area contributed by atoms with Gasteiger partial charge in [-0.05, 0) is 65.5 Å². The van der Waals surface area contributed by atoms with Gasteiger partial charge in [0.1, 0.15) is 18.2 Å². The molecule has 0 saturated carbocycles. The van der Waals surface area contributed by atoms with Crippen molar-refractivity contribution < 1.29 is 18.3 Å². The van der Waals surface area contributed by atoms with Crippen LogP contribution in [0.25, 0.3) is 17.1 Å². The van der Waals surface area contributed by atoms with E-state index >= 15 is 0 Å². The molecule has 174 valence electrons. The van der Waals surface area contributed by atoms with Gasteiger partial charge in [-0.15, -0.1) is 16.4 Å². The summed E-state index contributed by atoms with van der Waals surface area (Å²) in [5.41, 5.74) is 2.53. The van der Waals surface area contributed by atoms with Crippen LogP contribution in [0, 0.1) is 11.6 Å². The van der Waals surface area contributed by atoms with Crippen LogP contribution in [0.2, 0.25) is 0 Å². The number of anilines is 1. The monoisotopic (exact) mass is 488 g/mol. The maximum absolute atomic E-state index is 13.9. The molecule has 6 nitrogen and oxygen atoms in total. The van der Waals surface area contributed by atoms with Gasteiger partial charge < -0.3 is 10.1 Å². The van der Waals surface area contributed by atoms with E-state index in [-0.39, 0.29) is 24.3 Å². The van der Waals surface area contributed by atoms with E-state index in [9.17, 15) is 13.6 Å². The molecule has 0 radical (unpaired) electrons. The van der Waals surface area contributed by atoms with Crippen LogP contribution < -0.4 is 10.1 Å². The molecule has 9 heteroatoms. The number of hydrogen-bond donors (Lipinski definition) is 1. The molecule has 0 atom stereocenters. The molecule has 5 aromatic rings. The number of thiophene rings is 1. The highest BCUT2D eigenvalue weighted by Crippen LogP contribution is 2.25. The lowest BCUT2D eigenvalue weighted by molar-refractivity contribution is 0.103. The number of benzene rings is 3. The molecule has 0 aliphatic carbocycles. The Morgan fingerprint density at radius 1 is 0.943 bits per heavy atom. The van der Waals surface area contributed by atoms with Crippen LogP contribution >= 0.6 is 11.3 Å². The van der Waals surface area contributed by atoms with Crippen LogP contribution in [0.4, 0.5) is 14.5 Å². The third-order valence-corrected chi connectivity index (χ3v) is 5.94. The van der Waals surface area contributed by atoms with Crippen molar-refractivity contribution >= 4 is 22.9 Å². The second-order valence-electron chi connectivity index (χ2n) is 7.53. The Morgan fingerprint density at radius 2 is 1.74 bits per heavy atom. The van der Waals surface area contributed by atoms with Crippen molar-refractivity contribution in [3.05, 3.63) is 112 Å². The number of halogens is 2. The SMILES string of the molecule is O=C(Nc1ccc(-n2nc(OCc3ccc(F)cc3)nc2-c2cccc(F)c2)cc1)c1cccs1. The van der Waals surface area contributed by atoms with E-state index < -0.39 is 5.82 Å². The third kappa shape index (κ3) is 5.25. The Balaban J connectivity index is 1.42. The first-order chi connectivity index (χ1) is 17.0. The molecule has 2 aromatic heterocycles. The number of ether oxygens (including phenoxy) is 1. The normalized spacial score (nSPS) is 10.8. The fourth-order valence-electron chi connectivity index (χ4n) is 3.36. The first-order valence-electron chi connectivity index (χ1n) is 10.6. The predicted octanol–water partition coefficient (Wildman–Crippen LogP) is 6.11. The summed E-state index contributed by atoms with van der Waals surface area (Å²) in [6.45, 7) is 0.139. The lowest BCUT2D eigenvalue weighted by atomic mass is 10.2. The quantitative estimate of drug-likeness (QED) is 0.300. The summed E-state index contributed by atoms with van der Waals surface area (Å²) < 4.78 is 34.4. The summed E-state index contributed by atoms with van der Waals surface area (Å²) >= 11 is 1.36. The minimum atomic E-state index is -0.405. The lowest BCUT2D eigenvalue weighted by Crippen LogP contribution is -2.10. The molecule has 0 fully saturated rings. The van der Waals surface area contributed by atoms with Crippen molar-refractivity contribution in [3.63, 3.8) is 0 Å². The Labute approximate surface area is 203 Å². The standard InChI is InChI=1S/C26H18F2N4O2S/c27-19-8-6-17(7-9-19)16-34-26-30-24(18-3-1-4-20(28)15-18)32(31-26)22-12-10-21(11-13-22)29-25(33)23-5-2-14-35-23/h1-15H,16H2,(H,29,33). The van der Waals surface area contributed by atoms with Crippen molar-refractivity contribution in [2.45, 2.75) is 6.61 Å². The van der Waals surface area contributed by atoms with Crippen molar-refractivity contribution in [2.75, 3.05) is 5.32 Å². The van der Waals surface area contributed by atoms with Gasteiger partial charge in [0.15, 0.2) is 5.82 Å². The number of nitrogens with one attached hydrogen (secondary N) is 1. The Kier molecular flexibility index (Phi) is 6.32. The molecule has 2 heterocycles. The first kappa shape index (κ1) is 22.4. The minimum absolute atomic E-state index is 0.0867. The smallest absolute Gasteiger partial charge is 0.336 e. The van der Waals surface area contributed by atoms with Gasteiger partial charge in [-0.2, -0.15) is 4.98 Å². The molecule has 0 spiro atoms. The molecule has 3 aromatic carbocycles. The first-order valence-corrected chi connectivity index (χ1v) is 11.5. The number of amides is 1. The van der Waals surface area contributed by atoms with Crippen LogP contribution in [0.1, 0.15) is 15.2 Å². The van der Waals surface area contributed by atoms with E-state index in [1.165, 1.54) is 35.6 Å². The highest BCUT2D eigenvalue weighted by Gasteiger charge is 2.16. The molecule has 0 aliphatic heterocycles. The Morgan fingerprint density at radius 3 is 2.46 bits per heavy atom. The van der Waals surface area contributed by atoms with E-state index in [0.29, 0.717) is 27.6 Å². The van der Waals surface area contributed by atoms with Crippen LogP contribution in [0.5, 0.6) is 6.01 Å². The van der Waals surface area contributed by atoms with Crippen molar-refractivity contribution in [2.24, 2.45) is 0 Å². The van der Waals surface area contributed by atoms with Gasteiger partial charge in [-0.25, -0.2) is 13.5 Å². The van der Waals surface area contributed by atoms with Gasteiger partial charge in [-0.1, -0.05) is 30.3 Å². The van der Waals surface area contributed by atoms with Gasteiger partial charge in [-0.3, -0.25) is 4.79 Å². The highest BCUT2D eigenvalue weighted by molar-refractivity contribution is 7.12. The average molecular weight is 489 g/mol. The van der Waals surface area contributed by atoms with Gasteiger partial charge in [0, 0.05) is 11.3 Å². The van der Waals surface area contributed by atoms with Crippen molar-refractivity contribution in [1.29, 1.82) is 0 Å². The van der Waals surface area contributed by atoms with E-state index in [1.807, 2.05) is 11.4 Å². The predicted molar refractivity (Wildman–Crippen MR) is 130 cm³/mol. The minimum Gasteiger partial charge on any atom is -0.457 e. The zero-order valence-corrected chi connectivity index (χ0v) is 19.0. The molecule has 35 heavy (non-hydrogen) atoms. The second-order valence-corrected chi connectivity index (χ2v) is 8.48. The van der Waals surface area contributed by atoms with E-state index in [0.717, 1.165) is 5.56 Å². The zero-order valence-electron chi connectivity index (χ0n) is 18.2. The summed E-state index contributed by atoms with van der Waals surface area (Å²) in [7, 11) is 0. The number of carbonyl (C=O) groups is 1. The summed E-state index contributed by atoms with van der Waals surface area (Å²) in [6.07, 6.45) is 0. The maximum atomic E-state index is 13.9. The number of nitrogens with zero attached hydrogens (tertiary/aromatic N) is 3. The summed E-state index contributed by atoms with van der Waals surface area (Å²) in [5.74, 6) is -0.545. The molecule has 5 rings (SSSR count). The largest absolute Gasteiger partial charge is 0.457 e. The highest BCUT2D eigenvalue weighted by atomic mass is 32.1. The fraction of sp³-hybridized carbons (Fsp3) is 0.0385. The third-order valence-electron chi connectivity index (χ3n) is 5.07. The van der Waals surface area contributed by atoms with Crippen LogP contribution in [0.15, 0.2) is 90.3 Å². The second kappa shape index (κ2) is 9.86. The van der Waals surface area contributed by atoms with Crippen LogP contribution in [0.3, 0.4) is 0 Å². The Bertz CT molecular complexity index is 1450. The average Bonchev–Trinajstić information content (AvgIpc) is 3.55. The Hall–Kier alpha value is -4.37. The molecule has 0 bridgehead atoms. The van der Waals surface area contributed by atoms with Gasteiger partial charge in [0.05, 0.1) is 10.6 Å². The van der Waals surface area contributed by atoms with Gasteiger partial charge >= 0.3 is 6.01 Å². The van der Waals surface area contributed by atoms with Crippen molar-refractivity contribution in [3.8, 4) is 23.1 Å². The molecular formula is C26H18F2N4O2S. The number of hydrogen-bond acceptors (Lipinski definition) is 5. The molecule has 0 unspecified atom stereocenters. The fourth-order valence-corrected chi connectivity index (χ4v) is 3.98. The van der Waals surface area contributed by atoms with Gasteiger partial charge in [0.25, 0.3) is 5.91 Å². The number of aromatic nitrogens is 3. The van der Waals surface area contributed by atoms with E-state index in [4.69, 9.17) is 4.74 Å². The zero-order chi connectivity index (χ0) is 24.2. The molecule has 0 aliphatic rings. The number of carbonyl (C=O) groups excluding carboxylic acids is 1. The molecular weight excluding hydrogens is 470 g/mol. The summed E-state index contributed by atoms with van der Waals surface area (Å²) in [5, 5.41) is 9.14.